The number of hydrogen-bond donors (Lipinski definition) is 1. The van der Waals surface area contributed by atoms with Gasteiger partial charge in [0.25, 0.3) is 11.6 Å². The lowest BCUT2D eigenvalue weighted by Gasteiger charge is -2.09. The summed E-state index contributed by atoms with van der Waals surface area (Å²) in [6, 6.07) is 17.9. The van der Waals surface area contributed by atoms with Crippen molar-refractivity contribution in [1.82, 2.24) is 0 Å². The van der Waals surface area contributed by atoms with Gasteiger partial charge in [-0.1, -0.05) is 36.0 Å². The van der Waals surface area contributed by atoms with E-state index in [4.69, 9.17) is 0 Å². The fraction of sp³-hybridized carbons (Fsp3) is 0.160. The normalized spacial score (nSPS) is 12.8. The van der Waals surface area contributed by atoms with Crippen LogP contribution in [-0.4, -0.2) is 10.8 Å². The number of nitriles is 2. The van der Waals surface area contributed by atoms with Crippen molar-refractivity contribution in [3.63, 3.8) is 0 Å². The number of anilines is 1. The summed E-state index contributed by atoms with van der Waals surface area (Å²) >= 11 is 2.64. The van der Waals surface area contributed by atoms with Crippen molar-refractivity contribution >= 4 is 45.8 Å². The fourth-order valence-electron chi connectivity index (χ4n) is 3.73. The Morgan fingerprint density at radius 2 is 1.91 bits per heavy atom. The molecule has 1 heterocycles. The van der Waals surface area contributed by atoms with Gasteiger partial charge in [0.1, 0.15) is 22.7 Å². The molecule has 0 atom stereocenters. The van der Waals surface area contributed by atoms with Crippen LogP contribution in [-0.2, 0) is 17.6 Å². The van der Waals surface area contributed by atoms with Crippen molar-refractivity contribution in [2.45, 2.75) is 35.5 Å². The van der Waals surface area contributed by atoms with Crippen molar-refractivity contribution in [2.75, 3.05) is 5.32 Å². The molecule has 0 radical (unpaired) electrons. The molecule has 34 heavy (non-hydrogen) atoms. The molecule has 7 nitrogen and oxygen atoms in total. The third-order valence-corrected chi connectivity index (χ3v) is 7.62. The highest BCUT2D eigenvalue weighted by atomic mass is 32.2. The van der Waals surface area contributed by atoms with Gasteiger partial charge in [-0.25, -0.2) is 0 Å². The van der Waals surface area contributed by atoms with E-state index in [1.54, 1.807) is 12.1 Å². The van der Waals surface area contributed by atoms with Crippen LogP contribution >= 0.6 is 23.1 Å². The number of benzene rings is 2. The third kappa shape index (κ3) is 5.01. The van der Waals surface area contributed by atoms with E-state index in [-0.39, 0.29) is 11.3 Å². The van der Waals surface area contributed by atoms with Gasteiger partial charge in [0, 0.05) is 15.8 Å². The minimum atomic E-state index is -0.650. The molecule has 1 aliphatic rings. The molecule has 1 aliphatic carbocycles. The number of thiophene rings is 1. The second-order valence-corrected chi connectivity index (χ2v) is 9.77. The Morgan fingerprint density at radius 3 is 2.62 bits per heavy atom. The highest BCUT2D eigenvalue weighted by Gasteiger charge is 2.23. The Bertz CT molecular complexity index is 1380. The first-order valence-electron chi connectivity index (χ1n) is 10.5. The van der Waals surface area contributed by atoms with Crippen LogP contribution in [0, 0.1) is 32.8 Å². The second-order valence-electron chi connectivity index (χ2n) is 7.55. The molecule has 0 spiro atoms. The van der Waals surface area contributed by atoms with Gasteiger partial charge in [0.15, 0.2) is 0 Å². The monoisotopic (exact) mass is 486 g/mol. The quantitative estimate of drug-likeness (QED) is 0.194. The van der Waals surface area contributed by atoms with Gasteiger partial charge >= 0.3 is 0 Å². The largest absolute Gasteiger partial charge is 0.312 e. The lowest BCUT2D eigenvalue weighted by Crippen LogP contribution is -2.13. The molecule has 1 aromatic heterocycles. The predicted molar refractivity (Wildman–Crippen MR) is 132 cm³/mol. The standard InChI is InChI=1S/C25H18N4O3S2/c26-14-17(24(30)28-25-20(15-27)19-8-4-5-9-22(19)34-25)12-16-10-11-23(21(13-16)29(31)32)33-18-6-2-1-3-7-18/h1-3,6-7,10-13H,4-5,8-9H2,(H,28,30)/b17-12-. The Kier molecular flexibility index (Phi) is 7.07. The second kappa shape index (κ2) is 10.3. The molecule has 3 aromatic rings. The molecule has 168 valence electrons. The number of nitro groups is 1. The topological polar surface area (TPSA) is 120 Å². The summed E-state index contributed by atoms with van der Waals surface area (Å²) in [7, 11) is 0. The van der Waals surface area contributed by atoms with Gasteiger partial charge in [0.05, 0.1) is 15.4 Å². The van der Waals surface area contributed by atoms with Gasteiger partial charge in [-0.05, 0) is 61.1 Å². The van der Waals surface area contributed by atoms with E-state index in [1.165, 1.54) is 35.2 Å². The van der Waals surface area contributed by atoms with E-state index in [9.17, 15) is 25.4 Å². The first-order chi connectivity index (χ1) is 16.5. The number of nitrogens with one attached hydrogen (secondary N) is 1. The van der Waals surface area contributed by atoms with Crippen LogP contribution in [0.2, 0.25) is 0 Å². The summed E-state index contributed by atoms with van der Waals surface area (Å²) in [6.45, 7) is 0. The number of amides is 1. The van der Waals surface area contributed by atoms with Gasteiger partial charge < -0.3 is 5.32 Å². The summed E-state index contributed by atoms with van der Waals surface area (Å²) in [6.07, 6.45) is 5.06. The fourth-order valence-corrected chi connectivity index (χ4v) is 5.88. The molecule has 0 aliphatic heterocycles. The first-order valence-corrected chi connectivity index (χ1v) is 12.1. The van der Waals surface area contributed by atoms with Gasteiger partial charge in [0.2, 0.25) is 0 Å². The van der Waals surface area contributed by atoms with Crippen molar-refractivity contribution in [3.8, 4) is 12.1 Å². The molecular formula is C25H18N4O3S2. The minimum Gasteiger partial charge on any atom is -0.312 e. The van der Waals surface area contributed by atoms with Crippen molar-refractivity contribution in [2.24, 2.45) is 0 Å². The Hall–Kier alpha value is -3.92. The Morgan fingerprint density at radius 1 is 1.15 bits per heavy atom. The van der Waals surface area contributed by atoms with Crippen LogP contribution in [0.3, 0.4) is 0 Å². The van der Waals surface area contributed by atoms with E-state index in [0.717, 1.165) is 41.0 Å². The highest BCUT2D eigenvalue weighted by Crippen LogP contribution is 2.38. The molecular weight excluding hydrogens is 468 g/mol. The van der Waals surface area contributed by atoms with E-state index >= 15 is 0 Å². The van der Waals surface area contributed by atoms with E-state index in [1.807, 2.05) is 36.4 Å². The van der Waals surface area contributed by atoms with Crippen molar-refractivity contribution < 1.29 is 9.72 Å². The third-order valence-electron chi connectivity index (χ3n) is 5.34. The van der Waals surface area contributed by atoms with E-state index in [0.29, 0.717) is 21.0 Å². The predicted octanol–water partition coefficient (Wildman–Crippen LogP) is 6.10. The number of aryl methyl sites for hydroxylation is 1. The average molecular weight is 487 g/mol. The van der Waals surface area contributed by atoms with Crippen LogP contribution in [0.25, 0.3) is 6.08 Å². The van der Waals surface area contributed by atoms with Crippen LogP contribution in [0.1, 0.15) is 34.4 Å². The molecule has 0 saturated carbocycles. The van der Waals surface area contributed by atoms with E-state index < -0.39 is 10.8 Å². The molecule has 0 unspecified atom stereocenters. The zero-order chi connectivity index (χ0) is 24.1. The lowest BCUT2D eigenvalue weighted by atomic mass is 9.96. The van der Waals surface area contributed by atoms with Crippen LogP contribution in [0.15, 0.2) is 63.9 Å². The maximum Gasteiger partial charge on any atom is 0.283 e. The molecule has 9 heteroatoms. The summed E-state index contributed by atoms with van der Waals surface area (Å²) in [4.78, 5) is 26.4. The Labute approximate surface area is 204 Å². The van der Waals surface area contributed by atoms with Crippen molar-refractivity contribution in [3.05, 3.63) is 85.8 Å². The number of carbonyl (C=O) groups is 1. The first kappa shape index (κ1) is 23.2. The summed E-state index contributed by atoms with van der Waals surface area (Å²) in [5, 5.41) is 34.0. The number of nitro benzene ring substituents is 1. The summed E-state index contributed by atoms with van der Waals surface area (Å²) in [5.41, 5.74) is 1.50. The smallest absolute Gasteiger partial charge is 0.283 e. The lowest BCUT2D eigenvalue weighted by molar-refractivity contribution is -0.387. The van der Waals surface area contributed by atoms with Crippen molar-refractivity contribution in [1.29, 1.82) is 10.5 Å². The maximum absolute atomic E-state index is 12.8. The highest BCUT2D eigenvalue weighted by molar-refractivity contribution is 7.99. The zero-order valence-electron chi connectivity index (χ0n) is 17.9. The molecule has 0 fully saturated rings. The maximum atomic E-state index is 12.8. The van der Waals surface area contributed by atoms with Gasteiger partial charge in [-0.2, -0.15) is 10.5 Å². The number of carbonyl (C=O) groups excluding carboxylic acids is 1. The van der Waals surface area contributed by atoms with E-state index in [2.05, 4.69) is 11.4 Å². The zero-order valence-corrected chi connectivity index (χ0v) is 19.5. The number of nitrogens with zero attached hydrogens (tertiary/aromatic N) is 3. The number of rotatable bonds is 6. The molecule has 4 rings (SSSR count). The van der Waals surface area contributed by atoms with Gasteiger partial charge in [-0.3, -0.25) is 14.9 Å². The Balaban J connectivity index is 1.60. The average Bonchev–Trinajstić information content (AvgIpc) is 3.20. The van der Waals surface area contributed by atoms with Crippen LogP contribution < -0.4 is 5.32 Å². The number of fused-ring (bicyclic) bond motifs is 1. The summed E-state index contributed by atoms with van der Waals surface area (Å²) in [5.74, 6) is -0.650. The van der Waals surface area contributed by atoms with Crippen LogP contribution in [0.5, 0.6) is 0 Å². The van der Waals surface area contributed by atoms with Gasteiger partial charge in [-0.15, -0.1) is 11.3 Å². The summed E-state index contributed by atoms with van der Waals surface area (Å²) < 4.78 is 0. The molecule has 1 N–H and O–H groups in total. The molecule has 0 saturated heterocycles. The number of hydrogen-bond acceptors (Lipinski definition) is 7. The van der Waals surface area contributed by atoms with Crippen LogP contribution in [0.4, 0.5) is 10.7 Å². The molecule has 1 amide bonds. The minimum absolute atomic E-state index is 0.113. The molecule has 2 aromatic carbocycles. The molecule has 0 bridgehead atoms. The SMILES string of the molecule is N#C/C(=C/c1ccc(Sc2ccccc2)c([N+](=O)[O-])c1)C(=O)Nc1sc2c(c1C#N)CCCC2.